The molecule has 0 aliphatic carbocycles. The first kappa shape index (κ1) is 9.61. The lowest BCUT2D eigenvalue weighted by atomic mass is 10.1. The Kier molecular flexibility index (Phi) is 2.79. The van der Waals surface area contributed by atoms with Crippen LogP contribution in [0.3, 0.4) is 0 Å². The van der Waals surface area contributed by atoms with Crippen molar-refractivity contribution in [1.82, 2.24) is 9.88 Å². The van der Waals surface area contributed by atoms with Gasteiger partial charge in [-0.3, -0.25) is 9.78 Å². The molecule has 0 spiro atoms. The van der Waals surface area contributed by atoms with E-state index in [-0.39, 0.29) is 12.0 Å². The van der Waals surface area contributed by atoms with Crippen LogP contribution in [-0.2, 0) is 0 Å². The molecule has 1 aliphatic heterocycles. The van der Waals surface area contributed by atoms with Crippen LogP contribution in [-0.4, -0.2) is 40.1 Å². The van der Waals surface area contributed by atoms with Gasteiger partial charge < -0.3 is 10.0 Å². The highest BCUT2D eigenvalue weighted by atomic mass is 32.1. The fourth-order valence-electron chi connectivity index (χ4n) is 1.55. The third-order valence-corrected chi connectivity index (χ3v) is 3.16. The summed E-state index contributed by atoms with van der Waals surface area (Å²) >= 11 is 1.36. The summed E-state index contributed by atoms with van der Waals surface area (Å²) < 4.78 is 0. The average molecular weight is 212 g/mol. The lowest BCUT2D eigenvalue weighted by Crippen LogP contribution is -2.39. The van der Waals surface area contributed by atoms with Crippen molar-refractivity contribution >= 4 is 17.2 Å². The molecule has 0 saturated carbocycles. The Balaban J connectivity index is 1.99. The molecule has 2 heterocycles. The molecule has 5 heteroatoms. The quantitative estimate of drug-likeness (QED) is 0.747. The van der Waals surface area contributed by atoms with Crippen molar-refractivity contribution < 1.29 is 9.90 Å². The van der Waals surface area contributed by atoms with Crippen LogP contribution in [0.15, 0.2) is 11.7 Å². The van der Waals surface area contributed by atoms with Gasteiger partial charge in [0.05, 0.1) is 17.8 Å². The molecule has 14 heavy (non-hydrogen) atoms. The number of aromatic nitrogens is 1. The summed E-state index contributed by atoms with van der Waals surface area (Å²) in [6.45, 7) is 1.30. The van der Waals surface area contributed by atoms with E-state index in [1.165, 1.54) is 11.3 Å². The van der Waals surface area contributed by atoms with Crippen molar-refractivity contribution in [2.75, 3.05) is 13.1 Å². The van der Waals surface area contributed by atoms with Crippen molar-refractivity contribution in [2.45, 2.75) is 18.9 Å². The van der Waals surface area contributed by atoms with Crippen molar-refractivity contribution in [3.05, 3.63) is 16.6 Å². The summed E-state index contributed by atoms with van der Waals surface area (Å²) in [5, 5.41) is 9.29. The number of thiazole rings is 1. The molecule has 76 valence electrons. The predicted octanol–water partition coefficient (Wildman–Crippen LogP) is 0.740. The number of carbonyl (C=O) groups excluding carboxylic acids is 1. The number of likely N-dealkylation sites (tertiary alicyclic amines) is 1. The molecular formula is C9H12N2O2S. The lowest BCUT2D eigenvalue weighted by molar-refractivity contribution is 0.0550. The molecule has 2 rings (SSSR count). The van der Waals surface area contributed by atoms with Crippen LogP contribution in [0.5, 0.6) is 0 Å². The maximum Gasteiger partial charge on any atom is 0.265 e. The van der Waals surface area contributed by atoms with E-state index in [9.17, 15) is 9.90 Å². The van der Waals surface area contributed by atoms with Crippen LogP contribution in [0.25, 0.3) is 0 Å². The maximum absolute atomic E-state index is 11.8. The number of amides is 1. The SMILES string of the molecule is O=C(c1cncs1)N1CCC(O)CC1. The summed E-state index contributed by atoms with van der Waals surface area (Å²) in [7, 11) is 0. The van der Waals surface area contributed by atoms with E-state index in [1.807, 2.05) is 0 Å². The van der Waals surface area contributed by atoms with Gasteiger partial charge >= 0.3 is 0 Å². The topological polar surface area (TPSA) is 53.4 Å². The first-order valence-electron chi connectivity index (χ1n) is 4.63. The van der Waals surface area contributed by atoms with Gasteiger partial charge in [-0.1, -0.05) is 0 Å². The molecule has 1 N–H and O–H groups in total. The summed E-state index contributed by atoms with van der Waals surface area (Å²) in [6, 6.07) is 0. The molecule has 4 nitrogen and oxygen atoms in total. The van der Waals surface area contributed by atoms with Gasteiger partial charge in [-0.05, 0) is 12.8 Å². The Morgan fingerprint density at radius 1 is 1.57 bits per heavy atom. The number of aliphatic hydroxyl groups is 1. The molecule has 1 aliphatic rings. The molecule has 0 atom stereocenters. The largest absolute Gasteiger partial charge is 0.393 e. The average Bonchev–Trinajstić information content (AvgIpc) is 2.71. The first-order chi connectivity index (χ1) is 6.77. The fraction of sp³-hybridized carbons (Fsp3) is 0.556. The van der Waals surface area contributed by atoms with Crippen LogP contribution in [0.1, 0.15) is 22.5 Å². The van der Waals surface area contributed by atoms with Crippen LogP contribution < -0.4 is 0 Å². The summed E-state index contributed by atoms with van der Waals surface area (Å²) in [4.78, 5) is 18.1. The molecule has 0 bridgehead atoms. The van der Waals surface area contributed by atoms with Crippen LogP contribution in [0.4, 0.5) is 0 Å². The summed E-state index contributed by atoms with van der Waals surface area (Å²) in [5.41, 5.74) is 1.66. The number of piperidine rings is 1. The summed E-state index contributed by atoms with van der Waals surface area (Å²) in [6.07, 6.45) is 2.73. The minimum Gasteiger partial charge on any atom is -0.393 e. The van der Waals surface area contributed by atoms with Gasteiger partial charge in [-0.15, -0.1) is 11.3 Å². The zero-order valence-corrected chi connectivity index (χ0v) is 8.54. The highest BCUT2D eigenvalue weighted by Crippen LogP contribution is 2.15. The van der Waals surface area contributed by atoms with Gasteiger partial charge in [-0.25, -0.2) is 0 Å². The monoisotopic (exact) mass is 212 g/mol. The van der Waals surface area contributed by atoms with Gasteiger partial charge in [0.25, 0.3) is 5.91 Å². The van der Waals surface area contributed by atoms with E-state index in [0.29, 0.717) is 30.8 Å². The number of carbonyl (C=O) groups is 1. The number of rotatable bonds is 1. The minimum atomic E-state index is -0.236. The van der Waals surface area contributed by atoms with Crippen LogP contribution >= 0.6 is 11.3 Å². The van der Waals surface area contributed by atoms with E-state index >= 15 is 0 Å². The minimum absolute atomic E-state index is 0.0411. The van der Waals surface area contributed by atoms with E-state index in [0.717, 1.165) is 0 Å². The fourth-order valence-corrected chi connectivity index (χ4v) is 2.13. The normalized spacial score (nSPS) is 18.5. The van der Waals surface area contributed by atoms with Crippen LogP contribution in [0.2, 0.25) is 0 Å². The van der Waals surface area contributed by atoms with Gasteiger partial charge in [0.15, 0.2) is 0 Å². The molecule has 0 aromatic carbocycles. The van der Waals surface area contributed by atoms with E-state index in [1.54, 1.807) is 16.6 Å². The van der Waals surface area contributed by atoms with Gasteiger partial charge in [-0.2, -0.15) is 0 Å². The molecular weight excluding hydrogens is 200 g/mol. The van der Waals surface area contributed by atoms with Crippen molar-refractivity contribution in [3.8, 4) is 0 Å². The third-order valence-electron chi connectivity index (χ3n) is 2.39. The second kappa shape index (κ2) is 4.06. The zero-order valence-electron chi connectivity index (χ0n) is 7.72. The predicted molar refractivity (Wildman–Crippen MR) is 53.3 cm³/mol. The molecule has 1 aromatic rings. The Labute approximate surface area is 86.2 Å². The lowest BCUT2D eigenvalue weighted by Gasteiger charge is -2.29. The highest BCUT2D eigenvalue weighted by Gasteiger charge is 2.22. The van der Waals surface area contributed by atoms with E-state index in [4.69, 9.17) is 0 Å². The Bertz CT molecular complexity index is 305. The van der Waals surface area contributed by atoms with Crippen molar-refractivity contribution in [3.63, 3.8) is 0 Å². The number of aliphatic hydroxyl groups excluding tert-OH is 1. The second-order valence-corrected chi connectivity index (χ2v) is 4.28. The number of hydrogen-bond acceptors (Lipinski definition) is 4. The standard InChI is InChI=1S/C9H12N2O2S/c12-7-1-3-11(4-2-7)9(13)8-5-10-6-14-8/h5-7,12H,1-4H2. The number of hydrogen-bond donors (Lipinski definition) is 1. The molecule has 1 aromatic heterocycles. The molecule has 1 amide bonds. The summed E-state index contributed by atoms with van der Waals surface area (Å²) in [5.74, 6) is 0.0411. The smallest absolute Gasteiger partial charge is 0.265 e. The van der Waals surface area contributed by atoms with Crippen molar-refractivity contribution in [2.24, 2.45) is 0 Å². The van der Waals surface area contributed by atoms with Crippen LogP contribution in [0, 0.1) is 0 Å². The zero-order chi connectivity index (χ0) is 9.97. The second-order valence-electron chi connectivity index (χ2n) is 3.39. The maximum atomic E-state index is 11.8. The van der Waals surface area contributed by atoms with E-state index < -0.39 is 0 Å². The highest BCUT2D eigenvalue weighted by molar-refractivity contribution is 7.11. The molecule has 1 saturated heterocycles. The Morgan fingerprint density at radius 2 is 2.29 bits per heavy atom. The molecule has 0 radical (unpaired) electrons. The van der Waals surface area contributed by atoms with E-state index in [2.05, 4.69) is 4.98 Å². The van der Waals surface area contributed by atoms with Gasteiger partial charge in [0.1, 0.15) is 4.88 Å². The number of nitrogens with zero attached hydrogens (tertiary/aromatic N) is 2. The third kappa shape index (κ3) is 1.93. The molecule has 0 unspecified atom stereocenters. The Hall–Kier alpha value is -0.940. The van der Waals surface area contributed by atoms with Crippen molar-refractivity contribution in [1.29, 1.82) is 0 Å². The Morgan fingerprint density at radius 3 is 2.86 bits per heavy atom. The first-order valence-corrected chi connectivity index (χ1v) is 5.51. The molecule has 1 fully saturated rings. The van der Waals surface area contributed by atoms with Gasteiger partial charge in [0, 0.05) is 13.1 Å². The van der Waals surface area contributed by atoms with Gasteiger partial charge in [0.2, 0.25) is 0 Å².